The molecule has 126 valence electrons. The highest BCUT2D eigenvalue weighted by Gasteiger charge is 2.37. The fraction of sp³-hybridized carbons (Fsp3) is 0.556. The summed E-state index contributed by atoms with van der Waals surface area (Å²) < 4.78 is 5.31. The highest BCUT2D eigenvalue weighted by molar-refractivity contribution is 5.80. The number of amides is 1. The van der Waals surface area contributed by atoms with Gasteiger partial charge in [0.15, 0.2) is 0 Å². The molecule has 1 amide bonds. The van der Waals surface area contributed by atoms with Crippen LogP contribution in [-0.2, 0) is 20.7 Å². The number of hydrogen-bond donors (Lipinski definition) is 2. The average molecular weight is 319 g/mol. The second-order valence-corrected chi connectivity index (χ2v) is 6.54. The number of ether oxygens (including phenoxy) is 1. The van der Waals surface area contributed by atoms with Crippen LogP contribution in [0, 0.1) is 12.8 Å². The molecular formula is C18H25NO4. The first-order valence-corrected chi connectivity index (χ1v) is 8.07. The lowest BCUT2D eigenvalue weighted by Gasteiger charge is -2.37. The first kappa shape index (κ1) is 17.5. The van der Waals surface area contributed by atoms with Gasteiger partial charge in [0.2, 0.25) is 5.91 Å². The van der Waals surface area contributed by atoms with Crippen molar-refractivity contribution in [1.82, 2.24) is 5.32 Å². The highest BCUT2D eigenvalue weighted by Crippen LogP contribution is 2.25. The lowest BCUT2D eigenvalue weighted by Crippen LogP contribution is -2.54. The first-order valence-electron chi connectivity index (χ1n) is 8.07. The minimum Gasteiger partial charge on any atom is -0.481 e. The van der Waals surface area contributed by atoms with Crippen LogP contribution in [0.25, 0.3) is 0 Å². The van der Waals surface area contributed by atoms with Crippen LogP contribution in [0.1, 0.15) is 37.3 Å². The summed E-state index contributed by atoms with van der Waals surface area (Å²) in [4.78, 5) is 23.7. The van der Waals surface area contributed by atoms with Crippen LogP contribution in [0.4, 0.5) is 0 Å². The highest BCUT2D eigenvalue weighted by atomic mass is 16.5. The van der Waals surface area contributed by atoms with E-state index in [0.717, 1.165) is 5.56 Å². The molecule has 1 heterocycles. The molecule has 2 N–H and O–H groups in total. The van der Waals surface area contributed by atoms with Crippen molar-refractivity contribution in [1.29, 1.82) is 0 Å². The Morgan fingerprint density at radius 1 is 1.26 bits per heavy atom. The maximum atomic E-state index is 12.5. The number of aryl methyl sites for hydroxylation is 1. The van der Waals surface area contributed by atoms with Crippen LogP contribution in [0.3, 0.4) is 0 Å². The lowest BCUT2D eigenvalue weighted by atomic mass is 9.85. The zero-order valence-corrected chi connectivity index (χ0v) is 13.8. The number of hydrogen-bond acceptors (Lipinski definition) is 3. The van der Waals surface area contributed by atoms with Crippen molar-refractivity contribution in [3.05, 3.63) is 35.4 Å². The summed E-state index contributed by atoms with van der Waals surface area (Å²) in [6.45, 7) is 4.88. The van der Waals surface area contributed by atoms with Gasteiger partial charge in [-0.25, -0.2) is 0 Å². The molecule has 1 aliphatic heterocycles. The van der Waals surface area contributed by atoms with Crippen molar-refractivity contribution in [2.75, 3.05) is 13.2 Å². The largest absolute Gasteiger partial charge is 0.481 e. The third-order valence-corrected chi connectivity index (χ3v) is 4.44. The monoisotopic (exact) mass is 319 g/mol. The first-order chi connectivity index (χ1) is 10.9. The Morgan fingerprint density at radius 2 is 1.87 bits per heavy atom. The molecular weight excluding hydrogens is 294 g/mol. The number of benzene rings is 1. The van der Waals surface area contributed by atoms with E-state index in [1.165, 1.54) is 5.56 Å². The smallest absolute Gasteiger partial charge is 0.305 e. The van der Waals surface area contributed by atoms with Gasteiger partial charge < -0.3 is 15.2 Å². The van der Waals surface area contributed by atoms with Gasteiger partial charge in [-0.2, -0.15) is 0 Å². The molecule has 0 spiro atoms. The Kier molecular flexibility index (Phi) is 5.77. The van der Waals surface area contributed by atoms with E-state index in [1.54, 1.807) is 0 Å². The predicted molar refractivity (Wildman–Crippen MR) is 87.2 cm³/mol. The normalized spacial score (nSPS) is 18.2. The van der Waals surface area contributed by atoms with Crippen LogP contribution < -0.4 is 5.32 Å². The standard InChI is InChI=1S/C18H25NO4/c1-13-3-5-15(6-4-13)11-14(2)17(22)19-18(12-16(20)21)7-9-23-10-8-18/h3-6,14H,7-12H2,1-2H3,(H,19,22)(H,20,21). The van der Waals surface area contributed by atoms with Gasteiger partial charge in [0.05, 0.1) is 12.0 Å². The van der Waals surface area contributed by atoms with Gasteiger partial charge in [-0.05, 0) is 31.7 Å². The topological polar surface area (TPSA) is 75.6 Å². The Morgan fingerprint density at radius 3 is 2.43 bits per heavy atom. The molecule has 1 unspecified atom stereocenters. The molecule has 1 saturated heterocycles. The van der Waals surface area contributed by atoms with Crippen LogP contribution in [0.5, 0.6) is 0 Å². The Labute approximate surface area is 137 Å². The van der Waals surface area contributed by atoms with Crippen molar-refractivity contribution in [3.63, 3.8) is 0 Å². The summed E-state index contributed by atoms with van der Waals surface area (Å²) in [6.07, 6.45) is 1.68. The summed E-state index contributed by atoms with van der Waals surface area (Å²) in [7, 11) is 0. The number of aliphatic carboxylic acids is 1. The predicted octanol–water partition coefficient (Wildman–Crippen LogP) is 2.31. The molecule has 0 radical (unpaired) electrons. The van der Waals surface area contributed by atoms with E-state index >= 15 is 0 Å². The average Bonchev–Trinajstić information content (AvgIpc) is 2.49. The van der Waals surface area contributed by atoms with E-state index in [9.17, 15) is 9.59 Å². The Balaban J connectivity index is 1.99. The SMILES string of the molecule is Cc1ccc(CC(C)C(=O)NC2(CC(=O)O)CCOCC2)cc1. The number of carbonyl (C=O) groups is 2. The van der Waals surface area contributed by atoms with Gasteiger partial charge in [0.25, 0.3) is 0 Å². The third kappa shape index (κ3) is 5.06. The molecule has 0 bridgehead atoms. The maximum absolute atomic E-state index is 12.5. The van der Waals surface area contributed by atoms with Gasteiger partial charge in [-0.1, -0.05) is 36.8 Å². The summed E-state index contributed by atoms with van der Waals surface area (Å²) >= 11 is 0. The molecule has 2 rings (SSSR count). The van der Waals surface area contributed by atoms with Crippen LogP contribution in [0.15, 0.2) is 24.3 Å². The van der Waals surface area contributed by atoms with E-state index in [-0.39, 0.29) is 18.2 Å². The minimum absolute atomic E-state index is 0.0562. The van der Waals surface area contributed by atoms with Gasteiger partial charge in [0.1, 0.15) is 0 Å². The van der Waals surface area contributed by atoms with Crippen molar-refractivity contribution in [2.45, 2.75) is 45.1 Å². The molecule has 1 fully saturated rings. The third-order valence-electron chi connectivity index (χ3n) is 4.44. The van der Waals surface area contributed by atoms with Crippen molar-refractivity contribution >= 4 is 11.9 Å². The van der Waals surface area contributed by atoms with E-state index in [0.29, 0.717) is 32.5 Å². The quantitative estimate of drug-likeness (QED) is 0.844. The zero-order valence-electron chi connectivity index (χ0n) is 13.8. The molecule has 1 aromatic carbocycles. The van der Waals surface area contributed by atoms with Crippen molar-refractivity contribution in [3.8, 4) is 0 Å². The Hall–Kier alpha value is -1.88. The summed E-state index contributed by atoms with van der Waals surface area (Å²) in [5.74, 6) is -1.18. The van der Waals surface area contributed by atoms with Crippen molar-refractivity contribution < 1.29 is 19.4 Å². The van der Waals surface area contributed by atoms with E-state index in [2.05, 4.69) is 5.32 Å². The fourth-order valence-electron chi connectivity index (χ4n) is 2.95. The number of rotatable bonds is 6. The molecule has 5 nitrogen and oxygen atoms in total. The van der Waals surface area contributed by atoms with Crippen LogP contribution in [-0.4, -0.2) is 35.7 Å². The van der Waals surface area contributed by atoms with Crippen molar-refractivity contribution in [2.24, 2.45) is 5.92 Å². The number of carboxylic acid groups (broad SMARTS) is 1. The maximum Gasteiger partial charge on any atom is 0.305 e. The van der Waals surface area contributed by atoms with Gasteiger partial charge in [0, 0.05) is 19.1 Å². The minimum atomic E-state index is -0.890. The molecule has 0 aliphatic carbocycles. The molecule has 0 saturated carbocycles. The summed E-state index contributed by atoms with van der Waals surface area (Å²) in [6, 6.07) is 8.12. The molecule has 1 aliphatic rings. The molecule has 5 heteroatoms. The van der Waals surface area contributed by atoms with Gasteiger partial charge in [-0.15, -0.1) is 0 Å². The summed E-state index contributed by atoms with van der Waals surface area (Å²) in [5.41, 5.74) is 1.62. The molecule has 1 atom stereocenters. The van der Waals surface area contributed by atoms with Crippen LogP contribution in [0.2, 0.25) is 0 Å². The van der Waals surface area contributed by atoms with E-state index in [1.807, 2.05) is 38.1 Å². The second kappa shape index (κ2) is 7.59. The zero-order chi connectivity index (χ0) is 16.9. The number of carboxylic acids is 1. The number of nitrogens with one attached hydrogen (secondary N) is 1. The fourth-order valence-corrected chi connectivity index (χ4v) is 2.95. The van der Waals surface area contributed by atoms with Crippen LogP contribution >= 0.6 is 0 Å². The van der Waals surface area contributed by atoms with Gasteiger partial charge in [-0.3, -0.25) is 9.59 Å². The summed E-state index contributed by atoms with van der Waals surface area (Å²) in [5, 5.41) is 12.1. The molecule has 0 aromatic heterocycles. The second-order valence-electron chi connectivity index (χ2n) is 6.54. The van der Waals surface area contributed by atoms with E-state index in [4.69, 9.17) is 9.84 Å². The van der Waals surface area contributed by atoms with Gasteiger partial charge >= 0.3 is 5.97 Å². The molecule has 23 heavy (non-hydrogen) atoms. The Bertz CT molecular complexity index is 547. The number of carbonyl (C=O) groups excluding carboxylic acids is 1. The van der Waals surface area contributed by atoms with E-state index < -0.39 is 11.5 Å². The lowest BCUT2D eigenvalue weighted by molar-refractivity contribution is -0.141. The molecule has 1 aromatic rings.